The van der Waals surface area contributed by atoms with Crippen LogP contribution >= 0.6 is 0 Å². The summed E-state index contributed by atoms with van der Waals surface area (Å²) in [5.74, 6) is -0.754. The van der Waals surface area contributed by atoms with Crippen LogP contribution in [0.4, 0.5) is 5.69 Å². The maximum Gasteiger partial charge on any atom is 0.255 e. The highest BCUT2D eigenvalue weighted by molar-refractivity contribution is 6.49. The summed E-state index contributed by atoms with van der Waals surface area (Å²) in [4.78, 5) is 45.3. The number of carbonyl (C=O) groups excluding carboxylic acids is 3. The van der Waals surface area contributed by atoms with Crippen LogP contribution in [0.3, 0.4) is 0 Å². The SMILES string of the molecule is O=C(Nc1ccc(-c2nc3ccccc3[nH]2)cc1)c1ccc(C(=O)C(=O)c2ccccc2)cc1. The van der Waals surface area contributed by atoms with E-state index in [1.807, 2.05) is 36.4 Å². The van der Waals surface area contributed by atoms with Gasteiger partial charge in [0, 0.05) is 27.9 Å². The first-order valence-electron chi connectivity index (χ1n) is 10.7. The number of nitrogens with zero attached hydrogens (tertiary/aromatic N) is 1. The fraction of sp³-hybridized carbons (Fsp3) is 0. The van der Waals surface area contributed by atoms with Crippen molar-refractivity contribution in [3.63, 3.8) is 0 Å². The van der Waals surface area contributed by atoms with Crippen LogP contribution in [0.5, 0.6) is 0 Å². The standard InChI is InChI=1S/C28H19N3O3/c32-25(18-6-2-1-3-7-18)26(33)19-10-12-21(13-11-19)28(34)29-22-16-14-20(15-17-22)27-30-23-8-4-5-9-24(23)31-27/h1-17H,(H,29,34)(H,30,31). The molecule has 0 atom stereocenters. The molecule has 0 bridgehead atoms. The van der Waals surface area contributed by atoms with Crippen molar-refractivity contribution >= 4 is 34.2 Å². The van der Waals surface area contributed by atoms with Gasteiger partial charge in [0.25, 0.3) is 5.91 Å². The van der Waals surface area contributed by atoms with Gasteiger partial charge in [-0.3, -0.25) is 14.4 Å². The summed E-state index contributed by atoms with van der Waals surface area (Å²) in [6, 6.07) is 29.6. The third kappa shape index (κ3) is 4.25. The number of nitrogens with one attached hydrogen (secondary N) is 2. The highest BCUT2D eigenvalue weighted by atomic mass is 16.2. The molecule has 0 aliphatic carbocycles. The number of amides is 1. The van der Waals surface area contributed by atoms with Gasteiger partial charge >= 0.3 is 0 Å². The number of aromatic amines is 1. The minimum atomic E-state index is -0.612. The fourth-order valence-corrected chi connectivity index (χ4v) is 3.63. The van der Waals surface area contributed by atoms with Gasteiger partial charge in [-0.1, -0.05) is 54.6 Å². The zero-order valence-electron chi connectivity index (χ0n) is 18.0. The third-order valence-corrected chi connectivity index (χ3v) is 5.46. The summed E-state index contributed by atoms with van der Waals surface area (Å²) in [6.07, 6.45) is 0. The minimum Gasteiger partial charge on any atom is -0.338 e. The van der Waals surface area contributed by atoms with E-state index >= 15 is 0 Å². The first kappa shape index (κ1) is 21.0. The topological polar surface area (TPSA) is 91.9 Å². The minimum absolute atomic E-state index is 0.237. The largest absolute Gasteiger partial charge is 0.338 e. The molecule has 1 amide bonds. The Kier molecular flexibility index (Phi) is 5.54. The quantitative estimate of drug-likeness (QED) is 0.265. The summed E-state index contributed by atoms with van der Waals surface area (Å²) in [6.45, 7) is 0. The third-order valence-electron chi connectivity index (χ3n) is 5.46. The normalized spacial score (nSPS) is 10.7. The maximum absolute atomic E-state index is 12.6. The second-order valence-corrected chi connectivity index (χ2v) is 7.74. The smallest absolute Gasteiger partial charge is 0.255 e. The molecular formula is C28H19N3O3. The van der Waals surface area contributed by atoms with Crippen LogP contribution in [0.15, 0.2) is 103 Å². The van der Waals surface area contributed by atoms with Crippen molar-refractivity contribution in [2.75, 3.05) is 5.32 Å². The zero-order valence-corrected chi connectivity index (χ0v) is 18.0. The number of fused-ring (bicyclic) bond motifs is 1. The van der Waals surface area contributed by atoms with Crippen molar-refractivity contribution in [3.05, 3.63) is 120 Å². The molecule has 164 valence electrons. The van der Waals surface area contributed by atoms with Crippen molar-refractivity contribution in [2.24, 2.45) is 0 Å². The number of ketones is 2. The van der Waals surface area contributed by atoms with E-state index in [9.17, 15) is 14.4 Å². The second kappa shape index (κ2) is 8.96. The van der Waals surface area contributed by atoms with Gasteiger partial charge in [-0.05, 0) is 48.5 Å². The number of carbonyl (C=O) groups is 3. The van der Waals surface area contributed by atoms with Crippen LogP contribution in [0, 0.1) is 0 Å². The molecule has 1 heterocycles. The Bertz CT molecular complexity index is 1470. The molecule has 6 nitrogen and oxygen atoms in total. The van der Waals surface area contributed by atoms with Crippen LogP contribution in [0.1, 0.15) is 31.1 Å². The molecule has 5 rings (SSSR count). The van der Waals surface area contributed by atoms with Crippen molar-refractivity contribution < 1.29 is 14.4 Å². The predicted molar refractivity (Wildman–Crippen MR) is 131 cm³/mol. The highest BCUT2D eigenvalue weighted by Gasteiger charge is 2.18. The number of para-hydroxylation sites is 2. The van der Waals surface area contributed by atoms with Crippen molar-refractivity contribution in [2.45, 2.75) is 0 Å². The summed E-state index contributed by atoms with van der Waals surface area (Å²) in [5, 5.41) is 2.84. The molecule has 5 aromatic rings. The number of aromatic nitrogens is 2. The van der Waals surface area contributed by atoms with E-state index in [0.717, 1.165) is 22.4 Å². The van der Waals surface area contributed by atoms with Crippen LogP contribution < -0.4 is 5.32 Å². The number of rotatable bonds is 6. The Balaban J connectivity index is 1.26. The summed E-state index contributed by atoms with van der Waals surface area (Å²) in [7, 11) is 0. The molecule has 0 saturated heterocycles. The molecule has 0 spiro atoms. The van der Waals surface area contributed by atoms with Gasteiger partial charge in [-0.25, -0.2) is 4.98 Å². The number of H-pyrrole nitrogens is 1. The van der Waals surface area contributed by atoms with E-state index in [4.69, 9.17) is 0 Å². The Morgan fingerprint density at radius 3 is 1.88 bits per heavy atom. The summed E-state index contributed by atoms with van der Waals surface area (Å²) in [5.41, 5.74) is 4.33. The molecule has 2 N–H and O–H groups in total. The summed E-state index contributed by atoms with van der Waals surface area (Å²) < 4.78 is 0. The Morgan fingerprint density at radius 2 is 1.21 bits per heavy atom. The lowest BCUT2D eigenvalue weighted by molar-refractivity contribution is 0.0817. The van der Waals surface area contributed by atoms with Crippen molar-refractivity contribution in [3.8, 4) is 11.4 Å². The molecule has 4 aromatic carbocycles. The molecule has 0 radical (unpaired) electrons. The Morgan fingerprint density at radius 1 is 0.618 bits per heavy atom. The first-order valence-corrected chi connectivity index (χ1v) is 10.7. The van der Waals surface area contributed by atoms with Crippen LogP contribution in [0.25, 0.3) is 22.4 Å². The predicted octanol–water partition coefficient (Wildman–Crippen LogP) is 5.55. The van der Waals surface area contributed by atoms with Gasteiger partial charge in [0.05, 0.1) is 11.0 Å². The lowest BCUT2D eigenvalue weighted by Crippen LogP contribution is -2.15. The molecular weight excluding hydrogens is 426 g/mol. The van der Waals surface area contributed by atoms with E-state index in [1.54, 1.807) is 42.5 Å². The second-order valence-electron chi connectivity index (χ2n) is 7.74. The van der Waals surface area contributed by atoms with Gasteiger partial charge < -0.3 is 10.3 Å². The summed E-state index contributed by atoms with van der Waals surface area (Å²) >= 11 is 0. The van der Waals surface area contributed by atoms with Gasteiger partial charge in [0.2, 0.25) is 11.6 Å². The van der Waals surface area contributed by atoms with Crippen molar-refractivity contribution in [1.29, 1.82) is 0 Å². The molecule has 34 heavy (non-hydrogen) atoms. The van der Waals surface area contributed by atoms with E-state index in [0.29, 0.717) is 16.8 Å². The molecule has 0 aliphatic rings. The number of benzene rings is 4. The van der Waals surface area contributed by atoms with E-state index in [-0.39, 0.29) is 11.5 Å². The number of imidazole rings is 1. The molecule has 6 heteroatoms. The fourth-order valence-electron chi connectivity index (χ4n) is 3.63. The Hall–Kier alpha value is -4.84. The van der Waals surface area contributed by atoms with Crippen LogP contribution in [0.2, 0.25) is 0 Å². The van der Waals surface area contributed by atoms with Gasteiger partial charge in [0.1, 0.15) is 5.82 Å². The average molecular weight is 445 g/mol. The molecule has 0 aliphatic heterocycles. The number of hydrogen-bond donors (Lipinski definition) is 2. The zero-order chi connectivity index (χ0) is 23.5. The van der Waals surface area contributed by atoms with Crippen LogP contribution in [-0.2, 0) is 0 Å². The maximum atomic E-state index is 12.6. The number of anilines is 1. The van der Waals surface area contributed by atoms with E-state index < -0.39 is 11.6 Å². The van der Waals surface area contributed by atoms with Crippen LogP contribution in [-0.4, -0.2) is 27.4 Å². The molecule has 0 saturated carbocycles. The number of Topliss-reactive ketones (excluding diaryl/α,β-unsaturated/α-hetero) is 2. The van der Waals surface area contributed by atoms with Gasteiger partial charge in [-0.15, -0.1) is 0 Å². The highest BCUT2D eigenvalue weighted by Crippen LogP contribution is 2.22. The lowest BCUT2D eigenvalue weighted by Gasteiger charge is -2.07. The molecule has 0 fully saturated rings. The van der Waals surface area contributed by atoms with Gasteiger partial charge in [-0.2, -0.15) is 0 Å². The van der Waals surface area contributed by atoms with Crippen molar-refractivity contribution in [1.82, 2.24) is 9.97 Å². The molecule has 1 aromatic heterocycles. The monoisotopic (exact) mass is 445 g/mol. The van der Waals surface area contributed by atoms with E-state index in [2.05, 4.69) is 15.3 Å². The van der Waals surface area contributed by atoms with E-state index in [1.165, 1.54) is 24.3 Å². The average Bonchev–Trinajstić information content (AvgIpc) is 3.33. The van der Waals surface area contributed by atoms with Gasteiger partial charge in [0.15, 0.2) is 0 Å². The first-order chi connectivity index (χ1) is 16.6. The Labute approximate surface area is 195 Å². The lowest BCUT2D eigenvalue weighted by atomic mass is 10.0. The number of hydrogen-bond acceptors (Lipinski definition) is 4. The molecule has 0 unspecified atom stereocenters.